The molecule has 0 aliphatic rings. The Balaban J connectivity index is 2.19. The molecule has 3 nitrogen and oxygen atoms in total. The van der Waals surface area contributed by atoms with Crippen molar-refractivity contribution in [1.82, 2.24) is 10.3 Å². The Morgan fingerprint density at radius 2 is 2.00 bits per heavy atom. The van der Waals surface area contributed by atoms with E-state index < -0.39 is 0 Å². The largest absolute Gasteiger partial charge is 0.496 e. The lowest BCUT2D eigenvalue weighted by molar-refractivity contribution is 0.408. The normalized spacial score (nSPS) is 10.9. The first-order valence-electron chi connectivity index (χ1n) is 7.41. The summed E-state index contributed by atoms with van der Waals surface area (Å²) in [6.07, 6.45) is 1.85. The SMILES string of the molecule is CNCc1cc(-c2ccc(C)c3ncccc23)ccc1OC. The lowest BCUT2D eigenvalue weighted by Gasteiger charge is -2.13. The average Bonchev–Trinajstić information content (AvgIpc) is 2.56. The number of nitrogens with one attached hydrogen (secondary N) is 1. The topological polar surface area (TPSA) is 34.2 Å². The van der Waals surface area contributed by atoms with E-state index in [1.54, 1.807) is 7.11 Å². The van der Waals surface area contributed by atoms with Gasteiger partial charge in [0.25, 0.3) is 0 Å². The zero-order valence-corrected chi connectivity index (χ0v) is 13.2. The molecule has 0 radical (unpaired) electrons. The fraction of sp³-hybridized carbons (Fsp3) is 0.211. The fourth-order valence-electron chi connectivity index (χ4n) is 2.84. The van der Waals surface area contributed by atoms with Crippen LogP contribution in [0.1, 0.15) is 11.1 Å². The van der Waals surface area contributed by atoms with E-state index in [9.17, 15) is 0 Å². The Kier molecular flexibility index (Phi) is 4.07. The molecule has 0 spiro atoms. The number of methoxy groups -OCH3 is 1. The van der Waals surface area contributed by atoms with Crippen LogP contribution in [0.15, 0.2) is 48.7 Å². The highest BCUT2D eigenvalue weighted by molar-refractivity contribution is 5.96. The van der Waals surface area contributed by atoms with Crippen molar-refractivity contribution in [3.05, 3.63) is 59.8 Å². The van der Waals surface area contributed by atoms with Gasteiger partial charge in [-0.1, -0.05) is 24.3 Å². The van der Waals surface area contributed by atoms with E-state index in [-0.39, 0.29) is 0 Å². The molecule has 1 heterocycles. The second-order valence-corrected chi connectivity index (χ2v) is 5.39. The molecule has 0 aliphatic heterocycles. The number of aryl methyl sites for hydroxylation is 1. The van der Waals surface area contributed by atoms with Gasteiger partial charge in [-0.15, -0.1) is 0 Å². The van der Waals surface area contributed by atoms with Gasteiger partial charge in [0.15, 0.2) is 0 Å². The van der Waals surface area contributed by atoms with Crippen LogP contribution < -0.4 is 10.1 Å². The van der Waals surface area contributed by atoms with E-state index in [1.807, 2.05) is 25.4 Å². The Labute approximate surface area is 131 Å². The number of hydrogen-bond donors (Lipinski definition) is 1. The molecular weight excluding hydrogens is 272 g/mol. The number of aromatic nitrogens is 1. The summed E-state index contributed by atoms with van der Waals surface area (Å²) in [5.41, 5.74) is 5.80. The molecule has 0 amide bonds. The summed E-state index contributed by atoms with van der Waals surface area (Å²) in [6, 6.07) is 14.7. The minimum atomic E-state index is 0.777. The van der Waals surface area contributed by atoms with E-state index in [2.05, 4.69) is 47.6 Å². The molecule has 22 heavy (non-hydrogen) atoms. The van der Waals surface area contributed by atoms with Gasteiger partial charge in [0, 0.05) is 23.7 Å². The van der Waals surface area contributed by atoms with Crippen LogP contribution in [-0.2, 0) is 6.54 Å². The summed E-state index contributed by atoms with van der Waals surface area (Å²) in [5.74, 6) is 0.910. The second-order valence-electron chi connectivity index (χ2n) is 5.39. The van der Waals surface area contributed by atoms with Crippen LogP contribution in [0.25, 0.3) is 22.0 Å². The third-order valence-electron chi connectivity index (χ3n) is 3.93. The maximum atomic E-state index is 5.44. The molecule has 0 fully saturated rings. The molecule has 2 aromatic carbocycles. The van der Waals surface area contributed by atoms with Crippen LogP contribution >= 0.6 is 0 Å². The van der Waals surface area contributed by atoms with Crippen molar-refractivity contribution >= 4 is 10.9 Å². The zero-order valence-electron chi connectivity index (χ0n) is 13.2. The number of rotatable bonds is 4. The van der Waals surface area contributed by atoms with Gasteiger partial charge in [-0.3, -0.25) is 4.98 Å². The van der Waals surface area contributed by atoms with Gasteiger partial charge >= 0.3 is 0 Å². The molecule has 0 bridgehead atoms. The quantitative estimate of drug-likeness (QED) is 0.791. The van der Waals surface area contributed by atoms with Crippen LogP contribution in [0.2, 0.25) is 0 Å². The first-order chi connectivity index (χ1) is 10.7. The Morgan fingerprint density at radius 3 is 2.77 bits per heavy atom. The highest BCUT2D eigenvalue weighted by Gasteiger charge is 2.09. The maximum Gasteiger partial charge on any atom is 0.123 e. The van der Waals surface area contributed by atoms with Gasteiger partial charge in [-0.05, 0) is 48.9 Å². The van der Waals surface area contributed by atoms with Crippen LogP contribution in [0.4, 0.5) is 0 Å². The third kappa shape index (κ3) is 2.55. The number of ether oxygens (including phenoxy) is 1. The van der Waals surface area contributed by atoms with E-state index in [4.69, 9.17) is 4.74 Å². The number of hydrogen-bond acceptors (Lipinski definition) is 3. The summed E-state index contributed by atoms with van der Waals surface area (Å²) in [7, 11) is 3.65. The van der Waals surface area contributed by atoms with Crippen molar-refractivity contribution in [3.63, 3.8) is 0 Å². The number of benzene rings is 2. The van der Waals surface area contributed by atoms with Crippen LogP contribution in [-0.4, -0.2) is 19.1 Å². The van der Waals surface area contributed by atoms with Gasteiger partial charge in [-0.2, -0.15) is 0 Å². The van der Waals surface area contributed by atoms with Crippen molar-refractivity contribution in [2.45, 2.75) is 13.5 Å². The van der Waals surface area contributed by atoms with E-state index in [0.717, 1.165) is 23.4 Å². The highest BCUT2D eigenvalue weighted by Crippen LogP contribution is 2.32. The van der Waals surface area contributed by atoms with Crippen molar-refractivity contribution in [2.24, 2.45) is 0 Å². The Hall–Kier alpha value is -2.39. The second kappa shape index (κ2) is 6.16. The molecule has 0 atom stereocenters. The average molecular weight is 292 g/mol. The molecule has 0 saturated heterocycles. The highest BCUT2D eigenvalue weighted by atomic mass is 16.5. The molecule has 3 heteroatoms. The first kappa shape index (κ1) is 14.5. The molecule has 3 aromatic rings. The van der Waals surface area contributed by atoms with Gasteiger partial charge in [0.1, 0.15) is 5.75 Å². The number of fused-ring (bicyclic) bond motifs is 1. The first-order valence-corrected chi connectivity index (χ1v) is 7.41. The van der Waals surface area contributed by atoms with Gasteiger partial charge < -0.3 is 10.1 Å². The maximum absolute atomic E-state index is 5.44. The summed E-state index contributed by atoms with van der Waals surface area (Å²) in [5, 5.41) is 4.37. The van der Waals surface area contributed by atoms with Crippen LogP contribution in [0, 0.1) is 6.92 Å². The molecule has 0 saturated carbocycles. The number of nitrogens with zero attached hydrogens (tertiary/aromatic N) is 1. The van der Waals surface area contributed by atoms with Crippen molar-refractivity contribution in [3.8, 4) is 16.9 Å². The Bertz CT molecular complexity index is 812. The Morgan fingerprint density at radius 1 is 1.14 bits per heavy atom. The lowest BCUT2D eigenvalue weighted by Crippen LogP contribution is -2.06. The van der Waals surface area contributed by atoms with Crippen molar-refractivity contribution < 1.29 is 4.74 Å². The predicted octanol–water partition coefficient (Wildman–Crippen LogP) is 3.94. The lowest BCUT2D eigenvalue weighted by atomic mass is 9.96. The summed E-state index contributed by atoms with van der Waals surface area (Å²) < 4.78 is 5.44. The van der Waals surface area contributed by atoms with Crippen LogP contribution in [0.3, 0.4) is 0 Å². The minimum absolute atomic E-state index is 0.777. The minimum Gasteiger partial charge on any atom is -0.496 e. The number of pyridine rings is 1. The summed E-state index contributed by atoms with van der Waals surface area (Å²) in [4.78, 5) is 4.52. The fourth-order valence-corrected chi connectivity index (χ4v) is 2.84. The predicted molar refractivity (Wildman–Crippen MR) is 91.2 cm³/mol. The van der Waals surface area contributed by atoms with Gasteiger partial charge in [-0.25, -0.2) is 0 Å². The van der Waals surface area contributed by atoms with Crippen LogP contribution in [0.5, 0.6) is 5.75 Å². The van der Waals surface area contributed by atoms with E-state index in [0.29, 0.717) is 0 Å². The molecule has 0 unspecified atom stereocenters. The molecule has 3 rings (SSSR count). The molecule has 112 valence electrons. The molecular formula is C19H20N2O. The van der Waals surface area contributed by atoms with E-state index in [1.165, 1.54) is 22.1 Å². The van der Waals surface area contributed by atoms with E-state index >= 15 is 0 Å². The standard InChI is InChI=1S/C19H20N2O/c1-13-6-8-16(17-5-4-10-21-19(13)17)14-7-9-18(22-3)15(11-14)12-20-2/h4-11,20H,12H2,1-3H3. The van der Waals surface area contributed by atoms with Gasteiger partial charge in [0.05, 0.1) is 12.6 Å². The van der Waals surface area contributed by atoms with Crippen molar-refractivity contribution in [2.75, 3.05) is 14.2 Å². The molecule has 1 aromatic heterocycles. The van der Waals surface area contributed by atoms with Gasteiger partial charge in [0.2, 0.25) is 0 Å². The summed E-state index contributed by atoms with van der Waals surface area (Å²) >= 11 is 0. The smallest absolute Gasteiger partial charge is 0.123 e. The molecule has 1 N–H and O–H groups in total. The monoisotopic (exact) mass is 292 g/mol. The third-order valence-corrected chi connectivity index (χ3v) is 3.93. The van der Waals surface area contributed by atoms with Crippen molar-refractivity contribution in [1.29, 1.82) is 0 Å². The summed E-state index contributed by atoms with van der Waals surface area (Å²) in [6.45, 7) is 2.87. The zero-order chi connectivity index (χ0) is 15.5. The molecule has 0 aliphatic carbocycles.